The minimum absolute atomic E-state index is 0.0495. The number of amides is 2. The Kier molecular flexibility index (Phi) is 7.86. The largest absolute Gasteiger partial charge is 0.497 e. The molecule has 1 aliphatic carbocycles. The predicted molar refractivity (Wildman–Crippen MR) is 132 cm³/mol. The number of ketones is 1. The van der Waals surface area contributed by atoms with Crippen molar-refractivity contribution in [2.24, 2.45) is 11.3 Å². The van der Waals surface area contributed by atoms with Gasteiger partial charge in [0.15, 0.2) is 5.78 Å². The van der Waals surface area contributed by atoms with E-state index in [0.717, 1.165) is 24.0 Å². The molecule has 7 heteroatoms. The van der Waals surface area contributed by atoms with Crippen molar-refractivity contribution in [3.63, 3.8) is 0 Å². The number of ether oxygens (including phenoxy) is 2. The summed E-state index contributed by atoms with van der Waals surface area (Å²) in [7, 11) is 1.60. The Labute approximate surface area is 206 Å². The van der Waals surface area contributed by atoms with Crippen LogP contribution in [-0.2, 0) is 32.0 Å². The Balaban J connectivity index is 1.52. The smallest absolute Gasteiger partial charge is 0.243 e. The lowest BCUT2D eigenvalue weighted by Crippen LogP contribution is -2.54. The first kappa shape index (κ1) is 24.9. The van der Waals surface area contributed by atoms with Gasteiger partial charge in [-0.05, 0) is 48.9 Å². The molecule has 186 valence electrons. The van der Waals surface area contributed by atoms with Crippen LogP contribution in [0.1, 0.15) is 37.3 Å². The lowest BCUT2D eigenvalue weighted by molar-refractivity contribution is -0.133. The monoisotopic (exact) mass is 478 g/mol. The number of methoxy groups -OCH3 is 1. The summed E-state index contributed by atoms with van der Waals surface area (Å²) in [6.07, 6.45) is 3.02. The summed E-state index contributed by atoms with van der Waals surface area (Å²) >= 11 is 0. The summed E-state index contributed by atoms with van der Waals surface area (Å²) in [4.78, 5) is 39.7. The summed E-state index contributed by atoms with van der Waals surface area (Å²) < 4.78 is 10.6. The summed E-state index contributed by atoms with van der Waals surface area (Å²) in [6.45, 7) is 2.85. The Hall–Kier alpha value is -3.19. The maximum atomic E-state index is 13.5. The first-order valence-corrected chi connectivity index (χ1v) is 12.3. The van der Waals surface area contributed by atoms with Crippen LogP contribution in [0.25, 0.3) is 0 Å². The van der Waals surface area contributed by atoms with Crippen LogP contribution < -0.4 is 15.4 Å². The van der Waals surface area contributed by atoms with E-state index in [-0.39, 0.29) is 28.9 Å². The van der Waals surface area contributed by atoms with Crippen molar-refractivity contribution in [2.45, 2.75) is 51.1 Å². The summed E-state index contributed by atoms with van der Waals surface area (Å²) in [5.41, 5.74) is 1.48. The van der Waals surface area contributed by atoms with Crippen molar-refractivity contribution in [2.75, 3.05) is 20.3 Å². The highest BCUT2D eigenvalue weighted by atomic mass is 16.5. The van der Waals surface area contributed by atoms with E-state index >= 15 is 0 Å². The van der Waals surface area contributed by atoms with E-state index in [0.29, 0.717) is 38.2 Å². The number of benzene rings is 2. The van der Waals surface area contributed by atoms with Gasteiger partial charge in [-0.1, -0.05) is 49.4 Å². The van der Waals surface area contributed by atoms with Gasteiger partial charge >= 0.3 is 0 Å². The molecule has 2 fully saturated rings. The van der Waals surface area contributed by atoms with E-state index in [9.17, 15) is 14.4 Å². The number of nitrogens with one attached hydrogen (secondary N) is 2. The van der Waals surface area contributed by atoms with Crippen molar-refractivity contribution >= 4 is 17.6 Å². The summed E-state index contributed by atoms with van der Waals surface area (Å²) in [6, 6.07) is 15.6. The highest BCUT2D eigenvalue weighted by Crippen LogP contribution is 2.46. The highest BCUT2D eigenvalue weighted by molar-refractivity contribution is 5.96. The van der Waals surface area contributed by atoms with Crippen LogP contribution in [0, 0.1) is 11.3 Å². The quantitative estimate of drug-likeness (QED) is 0.518. The van der Waals surface area contributed by atoms with Crippen LogP contribution in [0.4, 0.5) is 0 Å². The number of rotatable bonds is 11. The third-order valence-electron chi connectivity index (χ3n) is 7.04. The van der Waals surface area contributed by atoms with Gasteiger partial charge in [-0.15, -0.1) is 0 Å². The summed E-state index contributed by atoms with van der Waals surface area (Å²) in [5, 5.41) is 5.92. The van der Waals surface area contributed by atoms with Crippen LogP contribution in [0.3, 0.4) is 0 Å². The topological polar surface area (TPSA) is 93.7 Å². The third kappa shape index (κ3) is 6.48. The molecular formula is C28H34N2O5. The molecule has 0 radical (unpaired) electrons. The molecule has 1 unspecified atom stereocenters. The molecular weight excluding hydrogens is 444 g/mol. The fourth-order valence-corrected chi connectivity index (χ4v) is 4.42. The van der Waals surface area contributed by atoms with E-state index in [4.69, 9.17) is 9.47 Å². The molecule has 1 aliphatic heterocycles. The first-order chi connectivity index (χ1) is 16.9. The molecule has 7 nitrogen and oxygen atoms in total. The van der Waals surface area contributed by atoms with Gasteiger partial charge in [0.1, 0.15) is 11.8 Å². The zero-order valence-corrected chi connectivity index (χ0v) is 20.4. The Morgan fingerprint density at radius 2 is 1.63 bits per heavy atom. The molecule has 0 aromatic heterocycles. The van der Waals surface area contributed by atoms with Crippen LogP contribution in [-0.4, -0.2) is 50.0 Å². The zero-order chi connectivity index (χ0) is 24.8. The molecule has 2 aromatic rings. The molecule has 2 aromatic carbocycles. The van der Waals surface area contributed by atoms with Crippen molar-refractivity contribution in [3.8, 4) is 5.75 Å². The second-order valence-electron chi connectivity index (χ2n) is 9.85. The van der Waals surface area contributed by atoms with Crippen LogP contribution in [0.2, 0.25) is 0 Å². The van der Waals surface area contributed by atoms with E-state index < -0.39 is 12.1 Å². The standard InChI is InChI=1S/C28H34N2O5/c1-28(13-14-28)25(31)23(16-19-6-4-3-5-7-19)29-27(33)24(30-26(32)21-12-15-35-18-21)17-20-8-10-22(34-2)11-9-20/h3-11,21,23-24H,12-18H2,1-2H3,(H,29,33)(H,30,32)/t21-,23+,24?/m0/s1. The predicted octanol–water partition coefficient (Wildman–Crippen LogP) is 2.86. The van der Waals surface area contributed by atoms with Gasteiger partial charge < -0.3 is 20.1 Å². The van der Waals surface area contributed by atoms with Gasteiger partial charge in [-0.3, -0.25) is 14.4 Å². The average Bonchev–Trinajstić information content (AvgIpc) is 3.39. The fourth-order valence-electron chi connectivity index (χ4n) is 4.42. The second-order valence-corrected chi connectivity index (χ2v) is 9.85. The van der Waals surface area contributed by atoms with E-state index in [1.54, 1.807) is 7.11 Å². The van der Waals surface area contributed by atoms with Gasteiger partial charge in [-0.25, -0.2) is 0 Å². The fraction of sp³-hybridized carbons (Fsp3) is 0.464. The van der Waals surface area contributed by atoms with E-state index in [1.807, 2.05) is 61.5 Å². The molecule has 4 rings (SSSR count). The molecule has 3 atom stereocenters. The average molecular weight is 479 g/mol. The van der Waals surface area contributed by atoms with Gasteiger partial charge in [0.25, 0.3) is 0 Å². The van der Waals surface area contributed by atoms with Crippen LogP contribution in [0.5, 0.6) is 5.75 Å². The molecule has 0 bridgehead atoms. The Bertz CT molecular complexity index is 1030. The number of Topliss-reactive ketones (excluding diaryl/α,β-unsaturated/α-hetero) is 1. The maximum Gasteiger partial charge on any atom is 0.243 e. The number of carbonyl (C=O) groups is 3. The molecule has 1 saturated carbocycles. The van der Waals surface area contributed by atoms with Gasteiger partial charge in [-0.2, -0.15) is 0 Å². The van der Waals surface area contributed by atoms with Gasteiger partial charge in [0.2, 0.25) is 11.8 Å². The van der Waals surface area contributed by atoms with Gasteiger partial charge in [0, 0.05) is 18.4 Å². The Morgan fingerprint density at radius 3 is 2.23 bits per heavy atom. The van der Waals surface area contributed by atoms with Crippen LogP contribution in [0.15, 0.2) is 54.6 Å². The first-order valence-electron chi connectivity index (χ1n) is 12.3. The number of carbonyl (C=O) groups excluding carboxylic acids is 3. The number of hydrogen-bond donors (Lipinski definition) is 2. The lowest BCUT2D eigenvalue weighted by Gasteiger charge is -2.25. The normalized spacial score (nSPS) is 19.9. The van der Waals surface area contributed by atoms with E-state index in [1.165, 1.54) is 0 Å². The molecule has 0 spiro atoms. The second kappa shape index (κ2) is 11.0. The third-order valence-corrected chi connectivity index (χ3v) is 7.04. The zero-order valence-electron chi connectivity index (χ0n) is 20.4. The van der Waals surface area contributed by atoms with Crippen molar-refractivity contribution in [3.05, 3.63) is 65.7 Å². The lowest BCUT2D eigenvalue weighted by atomic mass is 9.92. The van der Waals surface area contributed by atoms with Crippen LogP contribution >= 0.6 is 0 Å². The summed E-state index contributed by atoms with van der Waals surface area (Å²) in [5.74, 6) is -0.0577. The number of hydrogen-bond acceptors (Lipinski definition) is 5. The van der Waals surface area contributed by atoms with Crippen molar-refractivity contribution in [1.82, 2.24) is 10.6 Å². The van der Waals surface area contributed by atoms with Gasteiger partial charge in [0.05, 0.1) is 25.7 Å². The minimum atomic E-state index is -0.811. The minimum Gasteiger partial charge on any atom is -0.497 e. The molecule has 2 N–H and O–H groups in total. The molecule has 1 saturated heterocycles. The van der Waals surface area contributed by atoms with E-state index in [2.05, 4.69) is 10.6 Å². The van der Waals surface area contributed by atoms with Crippen molar-refractivity contribution in [1.29, 1.82) is 0 Å². The Morgan fingerprint density at radius 1 is 0.971 bits per heavy atom. The highest BCUT2D eigenvalue weighted by Gasteiger charge is 2.48. The molecule has 1 heterocycles. The molecule has 35 heavy (non-hydrogen) atoms. The molecule has 2 aliphatic rings. The SMILES string of the molecule is COc1ccc(CC(NC(=O)[C@H]2CCOC2)C(=O)N[C@H](Cc2ccccc2)C(=O)C2(C)CC2)cc1. The van der Waals surface area contributed by atoms with Crippen molar-refractivity contribution < 1.29 is 23.9 Å². The molecule has 2 amide bonds. The maximum absolute atomic E-state index is 13.5.